The largest absolute Gasteiger partial charge is 0.493 e. The van der Waals surface area contributed by atoms with Crippen LogP contribution < -0.4 is 19.7 Å². The number of hydrogen-bond acceptors (Lipinski definition) is 5. The van der Waals surface area contributed by atoms with Crippen molar-refractivity contribution >= 4 is 23.2 Å². The van der Waals surface area contributed by atoms with Crippen molar-refractivity contribution in [1.82, 2.24) is 10.2 Å². The van der Waals surface area contributed by atoms with Crippen LogP contribution in [0.3, 0.4) is 0 Å². The number of piperazine rings is 1. The molecule has 1 fully saturated rings. The van der Waals surface area contributed by atoms with Crippen LogP contribution in [0.15, 0.2) is 42.5 Å². The Balaban J connectivity index is 1.33. The Morgan fingerprint density at radius 1 is 1.00 bits per heavy atom. The van der Waals surface area contributed by atoms with Crippen LogP contribution in [-0.2, 0) is 11.2 Å². The standard InChI is InChI=1S/C23H30ClN3O3/c1-29-21-9-4-18(16-22(21)30-2)17-23(28)25-10-3-11-26-12-14-27(15-13-26)20-7-5-19(24)6-8-20/h4-9,16H,3,10-15,17H2,1-2H3,(H,25,28). The molecule has 1 aliphatic heterocycles. The number of carbonyl (C=O) groups excluding carboxylic acids is 1. The summed E-state index contributed by atoms with van der Waals surface area (Å²) in [6.07, 6.45) is 1.28. The zero-order chi connectivity index (χ0) is 21.3. The first-order valence-corrected chi connectivity index (χ1v) is 10.7. The molecule has 0 saturated carbocycles. The SMILES string of the molecule is COc1ccc(CC(=O)NCCCN2CCN(c3ccc(Cl)cc3)CC2)cc1OC. The second-order valence-electron chi connectivity index (χ2n) is 7.37. The summed E-state index contributed by atoms with van der Waals surface area (Å²) in [5.74, 6) is 1.33. The molecular formula is C23H30ClN3O3. The van der Waals surface area contributed by atoms with Gasteiger partial charge in [0.25, 0.3) is 0 Å². The summed E-state index contributed by atoms with van der Waals surface area (Å²) >= 11 is 5.97. The molecule has 1 saturated heterocycles. The fourth-order valence-electron chi connectivity index (χ4n) is 3.65. The monoisotopic (exact) mass is 431 g/mol. The summed E-state index contributed by atoms with van der Waals surface area (Å²) in [7, 11) is 3.19. The molecule has 1 amide bonds. The summed E-state index contributed by atoms with van der Waals surface area (Å²) < 4.78 is 10.5. The average molecular weight is 432 g/mol. The number of rotatable bonds is 9. The smallest absolute Gasteiger partial charge is 0.224 e. The maximum atomic E-state index is 12.2. The topological polar surface area (TPSA) is 54.0 Å². The van der Waals surface area contributed by atoms with Crippen molar-refractivity contribution in [2.24, 2.45) is 0 Å². The van der Waals surface area contributed by atoms with Gasteiger partial charge in [0, 0.05) is 43.4 Å². The van der Waals surface area contributed by atoms with Crippen LogP contribution in [0, 0.1) is 0 Å². The van der Waals surface area contributed by atoms with E-state index in [4.69, 9.17) is 21.1 Å². The number of ether oxygens (including phenoxy) is 2. The van der Waals surface area contributed by atoms with Crippen molar-refractivity contribution in [1.29, 1.82) is 0 Å². The summed E-state index contributed by atoms with van der Waals surface area (Å²) in [5.41, 5.74) is 2.13. The minimum absolute atomic E-state index is 0.0229. The van der Waals surface area contributed by atoms with E-state index in [1.807, 2.05) is 30.3 Å². The number of methoxy groups -OCH3 is 2. The Morgan fingerprint density at radius 2 is 1.70 bits per heavy atom. The van der Waals surface area contributed by atoms with Crippen LogP contribution in [0.4, 0.5) is 5.69 Å². The first kappa shape index (κ1) is 22.2. The molecule has 2 aromatic rings. The van der Waals surface area contributed by atoms with Crippen LogP contribution in [0.5, 0.6) is 11.5 Å². The molecule has 3 rings (SSSR count). The zero-order valence-corrected chi connectivity index (χ0v) is 18.5. The van der Waals surface area contributed by atoms with Crippen LogP contribution >= 0.6 is 11.6 Å². The number of carbonyl (C=O) groups is 1. The van der Waals surface area contributed by atoms with E-state index < -0.39 is 0 Å². The lowest BCUT2D eigenvalue weighted by Gasteiger charge is -2.36. The lowest BCUT2D eigenvalue weighted by Crippen LogP contribution is -2.47. The first-order chi connectivity index (χ1) is 14.6. The molecule has 0 atom stereocenters. The number of amides is 1. The van der Waals surface area contributed by atoms with Gasteiger partial charge in [-0.2, -0.15) is 0 Å². The second-order valence-corrected chi connectivity index (χ2v) is 7.81. The van der Waals surface area contributed by atoms with Crippen molar-refractivity contribution in [2.75, 3.05) is 58.4 Å². The van der Waals surface area contributed by atoms with Crippen molar-refractivity contribution in [2.45, 2.75) is 12.8 Å². The molecule has 1 heterocycles. The van der Waals surface area contributed by atoms with Gasteiger partial charge in [-0.1, -0.05) is 17.7 Å². The Morgan fingerprint density at radius 3 is 2.37 bits per heavy atom. The third kappa shape index (κ3) is 6.28. The van der Waals surface area contributed by atoms with E-state index >= 15 is 0 Å². The van der Waals surface area contributed by atoms with Crippen LogP contribution in [-0.4, -0.2) is 64.3 Å². The van der Waals surface area contributed by atoms with E-state index in [0.29, 0.717) is 24.5 Å². The highest BCUT2D eigenvalue weighted by molar-refractivity contribution is 6.30. The zero-order valence-electron chi connectivity index (χ0n) is 17.7. The highest BCUT2D eigenvalue weighted by Gasteiger charge is 2.17. The van der Waals surface area contributed by atoms with E-state index in [9.17, 15) is 4.79 Å². The summed E-state index contributed by atoms with van der Waals surface area (Å²) in [4.78, 5) is 17.1. The Labute approximate surface area is 183 Å². The summed E-state index contributed by atoms with van der Waals surface area (Å²) in [5, 5.41) is 3.79. The lowest BCUT2D eigenvalue weighted by molar-refractivity contribution is -0.120. The maximum Gasteiger partial charge on any atom is 0.224 e. The van der Waals surface area contributed by atoms with E-state index in [0.717, 1.165) is 49.7 Å². The Bertz CT molecular complexity index is 821. The van der Waals surface area contributed by atoms with Crippen LogP contribution in [0.2, 0.25) is 5.02 Å². The van der Waals surface area contributed by atoms with Gasteiger partial charge in [-0.15, -0.1) is 0 Å². The lowest BCUT2D eigenvalue weighted by atomic mass is 10.1. The fourth-order valence-corrected chi connectivity index (χ4v) is 3.78. The molecule has 0 spiro atoms. The third-order valence-electron chi connectivity index (χ3n) is 5.35. The molecule has 0 bridgehead atoms. The Kier molecular flexibility index (Phi) is 8.22. The second kappa shape index (κ2) is 11.1. The number of benzene rings is 2. The molecule has 2 aromatic carbocycles. The van der Waals surface area contributed by atoms with Gasteiger partial charge in [0.2, 0.25) is 5.91 Å². The molecule has 30 heavy (non-hydrogen) atoms. The number of nitrogens with one attached hydrogen (secondary N) is 1. The van der Waals surface area contributed by atoms with Gasteiger partial charge in [0.1, 0.15) is 0 Å². The van der Waals surface area contributed by atoms with E-state index in [2.05, 4.69) is 27.2 Å². The predicted molar refractivity (Wildman–Crippen MR) is 121 cm³/mol. The Hall–Kier alpha value is -2.44. The predicted octanol–water partition coefficient (Wildman–Crippen LogP) is 3.23. The van der Waals surface area contributed by atoms with Gasteiger partial charge in [-0.05, 0) is 54.9 Å². The molecule has 7 heteroatoms. The van der Waals surface area contributed by atoms with Crippen LogP contribution in [0.1, 0.15) is 12.0 Å². The van der Waals surface area contributed by atoms with Gasteiger partial charge in [0.05, 0.1) is 20.6 Å². The summed E-state index contributed by atoms with van der Waals surface area (Å²) in [6, 6.07) is 13.6. The maximum absolute atomic E-state index is 12.2. The molecule has 0 unspecified atom stereocenters. The molecule has 1 aliphatic rings. The fraction of sp³-hybridized carbons (Fsp3) is 0.435. The number of anilines is 1. The highest BCUT2D eigenvalue weighted by atomic mass is 35.5. The first-order valence-electron chi connectivity index (χ1n) is 10.3. The van der Waals surface area contributed by atoms with Crippen molar-refractivity contribution < 1.29 is 14.3 Å². The highest BCUT2D eigenvalue weighted by Crippen LogP contribution is 2.27. The minimum Gasteiger partial charge on any atom is -0.493 e. The minimum atomic E-state index is 0.0229. The quantitative estimate of drug-likeness (QED) is 0.618. The van der Waals surface area contributed by atoms with Crippen molar-refractivity contribution in [3.05, 3.63) is 53.1 Å². The van der Waals surface area contributed by atoms with E-state index in [1.165, 1.54) is 5.69 Å². The molecule has 0 aromatic heterocycles. The molecule has 6 nitrogen and oxygen atoms in total. The van der Waals surface area contributed by atoms with Gasteiger partial charge in [-0.3, -0.25) is 9.69 Å². The third-order valence-corrected chi connectivity index (χ3v) is 5.60. The van der Waals surface area contributed by atoms with E-state index in [-0.39, 0.29) is 5.91 Å². The number of nitrogens with zero attached hydrogens (tertiary/aromatic N) is 2. The number of hydrogen-bond donors (Lipinski definition) is 1. The average Bonchev–Trinajstić information content (AvgIpc) is 2.77. The van der Waals surface area contributed by atoms with Gasteiger partial charge in [0.15, 0.2) is 11.5 Å². The van der Waals surface area contributed by atoms with Crippen molar-refractivity contribution in [3.8, 4) is 11.5 Å². The molecule has 0 radical (unpaired) electrons. The molecule has 1 N–H and O–H groups in total. The van der Waals surface area contributed by atoms with E-state index in [1.54, 1.807) is 14.2 Å². The molecular weight excluding hydrogens is 402 g/mol. The number of halogens is 1. The van der Waals surface area contributed by atoms with Crippen molar-refractivity contribution in [3.63, 3.8) is 0 Å². The normalized spacial score (nSPS) is 14.4. The molecule has 0 aliphatic carbocycles. The molecule has 162 valence electrons. The summed E-state index contributed by atoms with van der Waals surface area (Å²) in [6.45, 7) is 5.75. The van der Waals surface area contributed by atoms with Gasteiger partial charge < -0.3 is 19.7 Å². The van der Waals surface area contributed by atoms with Crippen LogP contribution in [0.25, 0.3) is 0 Å². The van der Waals surface area contributed by atoms with Gasteiger partial charge in [-0.25, -0.2) is 0 Å². The van der Waals surface area contributed by atoms with Gasteiger partial charge >= 0.3 is 0 Å².